The Labute approximate surface area is 126 Å². The van der Waals surface area contributed by atoms with Crippen molar-refractivity contribution < 1.29 is 8.42 Å². The zero-order valence-corrected chi connectivity index (χ0v) is 14.1. The van der Waals surface area contributed by atoms with Gasteiger partial charge in [0, 0.05) is 28.9 Å². The van der Waals surface area contributed by atoms with Crippen LogP contribution in [0.15, 0.2) is 11.0 Å². The quantitative estimate of drug-likeness (QED) is 0.908. The van der Waals surface area contributed by atoms with Crippen molar-refractivity contribution in [1.82, 2.24) is 9.62 Å². The molecule has 1 aromatic rings. The van der Waals surface area contributed by atoms with Gasteiger partial charge in [0.1, 0.15) is 0 Å². The van der Waals surface area contributed by atoms with E-state index in [0.717, 1.165) is 42.0 Å². The molecular weight excluding hydrogens is 292 g/mol. The van der Waals surface area contributed by atoms with Crippen molar-refractivity contribution in [3.05, 3.63) is 15.8 Å². The summed E-state index contributed by atoms with van der Waals surface area (Å²) in [5, 5.41) is 3.08. The molecule has 0 amide bonds. The molecule has 0 aliphatic carbocycles. The molecule has 1 aromatic heterocycles. The van der Waals surface area contributed by atoms with Crippen LogP contribution in [-0.2, 0) is 16.6 Å². The van der Waals surface area contributed by atoms with Gasteiger partial charge >= 0.3 is 0 Å². The second-order valence-corrected chi connectivity index (χ2v) is 8.54. The summed E-state index contributed by atoms with van der Waals surface area (Å²) in [6, 6.07) is 2.01. The highest BCUT2D eigenvalue weighted by molar-refractivity contribution is 7.89. The fourth-order valence-corrected chi connectivity index (χ4v) is 6.25. The van der Waals surface area contributed by atoms with E-state index in [1.807, 2.05) is 20.0 Å². The molecule has 1 unspecified atom stereocenters. The molecule has 1 N–H and O–H groups in total. The summed E-state index contributed by atoms with van der Waals surface area (Å²) in [4.78, 5) is 2.48. The van der Waals surface area contributed by atoms with Gasteiger partial charge in [0.05, 0.1) is 4.90 Å². The number of nitrogens with zero attached hydrogens (tertiary/aromatic N) is 1. The Morgan fingerprint density at radius 2 is 2.20 bits per heavy atom. The number of hydrogen-bond acceptors (Lipinski definition) is 4. The Morgan fingerprint density at radius 3 is 2.85 bits per heavy atom. The molecule has 1 aliphatic heterocycles. The van der Waals surface area contributed by atoms with Crippen LogP contribution in [0.5, 0.6) is 0 Å². The maximum Gasteiger partial charge on any atom is 0.244 e. The fraction of sp³-hybridized carbons (Fsp3) is 0.714. The Morgan fingerprint density at radius 1 is 1.45 bits per heavy atom. The standard InChI is InChI=1S/C14H24N2O2S2/c1-4-12-7-5-6-8-16(12)20(17,18)14-9-13(10-15-3)19-11(14)2/h9,12,15H,4-8,10H2,1-3H3. The maximum atomic E-state index is 12.9. The largest absolute Gasteiger partial charge is 0.315 e. The minimum atomic E-state index is -3.34. The SMILES string of the molecule is CCC1CCCCN1S(=O)(=O)c1cc(CNC)sc1C. The van der Waals surface area contributed by atoms with Gasteiger partial charge in [0.15, 0.2) is 0 Å². The Balaban J connectivity index is 2.33. The Kier molecular flexibility index (Phi) is 5.23. The molecule has 0 saturated carbocycles. The van der Waals surface area contributed by atoms with E-state index in [2.05, 4.69) is 12.2 Å². The second-order valence-electron chi connectivity index (χ2n) is 5.34. The lowest BCUT2D eigenvalue weighted by Crippen LogP contribution is -2.43. The van der Waals surface area contributed by atoms with Crippen molar-refractivity contribution in [1.29, 1.82) is 0 Å². The van der Waals surface area contributed by atoms with E-state index in [9.17, 15) is 8.42 Å². The molecule has 0 spiro atoms. The summed E-state index contributed by atoms with van der Waals surface area (Å²) in [6.45, 7) is 5.36. The molecule has 1 saturated heterocycles. The van der Waals surface area contributed by atoms with E-state index >= 15 is 0 Å². The molecule has 1 aliphatic rings. The topological polar surface area (TPSA) is 49.4 Å². The van der Waals surface area contributed by atoms with Gasteiger partial charge in [-0.1, -0.05) is 13.3 Å². The van der Waals surface area contributed by atoms with E-state index in [1.54, 1.807) is 15.6 Å². The number of thiophene rings is 1. The van der Waals surface area contributed by atoms with Crippen LogP contribution < -0.4 is 5.32 Å². The van der Waals surface area contributed by atoms with Crippen molar-refractivity contribution in [2.24, 2.45) is 0 Å². The van der Waals surface area contributed by atoms with Crippen LogP contribution in [-0.4, -0.2) is 32.4 Å². The predicted octanol–water partition coefficient (Wildman–Crippen LogP) is 2.73. The summed E-state index contributed by atoms with van der Waals surface area (Å²) in [5.74, 6) is 0. The van der Waals surface area contributed by atoms with Crippen LogP contribution in [0, 0.1) is 6.92 Å². The van der Waals surface area contributed by atoms with Gasteiger partial charge in [-0.05, 0) is 39.3 Å². The summed E-state index contributed by atoms with van der Waals surface area (Å²) >= 11 is 1.57. The smallest absolute Gasteiger partial charge is 0.244 e. The molecule has 6 heteroatoms. The minimum Gasteiger partial charge on any atom is -0.315 e. The number of aryl methyl sites for hydroxylation is 1. The van der Waals surface area contributed by atoms with Gasteiger partial charge in [-0.15, -0.1) is 11.3 Å². The van der Waals surface area contributed by atoms with Crippen LogP contribution in [0.25, 0.3) is 0 Å². The van der Waals surface area contributed by atoms with Crippen molar-refractivity contribution in [2.45, 2.75) is 57.0 Å². The van der Waals surface area contributed by atoms with Gasteiger partial charge in [0.25, 0.3) is 0 Å². The third-order valence-electron chi connectivity index (χ3n) is 3.91. The maximum absolute atomic E-state index is 12.9. The highest BCUT2D eigenvalue weighted by Crippen LogP contribution is 2.32. The molecule has 20 heavy (non-hydrogen) atoms. The van der Waals surface area contributed by atoms with E-state index in [1.165, 1.54) is 0 Å². The lowest BCUT2D eigenvalue weighted by Gasteiger charge is -2.34. The first-order valence-corrected chi connectivity index (χ1v) is 9.52. The number of rotatable bonds is 5. The number of hydrogen-bond donors (Lipinski definition) is 1. The fourth-order valence-electron chi connectivity index (χ4n) is 2.87. The highest BCUT2D eigenvalue weighted by Gasteiger charge is 2.34. The van der Waals surface area contributed by atoms with Gasteiger partial charge in [0.2, 0.25) is 10.0 Å². The molecule has 114 valence electrons. The summed E-state index contributed by atoms with van der Waals surface area (Å²) in [5.41, 5.74) is 0. The molecule has 2 rings (SSSR count). The van der Waals surface area contributed by atoms with E-state index < -0.39 is 10.0 Å². The van der Waals surface area contributed by atoms with Gasteiger partial charge in [-0.25, -0.2) is 8.42 Å². The van der Waals surface area contributed by atoms with Gasteiger partial charge in [-0.3, -0.25) is 0 Å². The van der Waals surface area contributed by atoms with Crippen LogP contribution >= 0.6 is 11.3 Å². The molecule has 0 bridgehead atoms. The van der Waals surface area contributed by atoms with Crippen molar-refractivity contribution in [3.8, 4) is 0 Å². The zero-order valence-electron chi connectivity index (χ0n) is 12.5. The van der Waals surface area contributed by atoms with Crippen molar-refractivity contribution in [3.63, 3.8) is 0 Å². The zero-order chi connectivity index (χ0) is 14.8. The minimum absolute atomic E-state index is 0.167. The second kappa shape index (κ2) is 6.56. The first kappa shape index (κ1) is 15.9. The van der Waals surface area contributed by atoms with Crippen LogP contribution in [0.3, 0.4) is 0 Å². The van der Waals surface area contributed by atoms with Gasteiger partial charge in [-0.2, -0.15) is 4.31 Å². The molecule has 1 fully saturated rings. The molecule has 0 aromatic carbocycles. The van der Waals surface area contributed by atoms with E-state index in [0.29, 0.717) is 11.4 Å². The normalized spacial score (nSPS) is 21.2. The van der Waals surface area contributed by atoms with E-state index in [-0.39, 0.29) is 6.04 Å². The first-order valence-electron chi connectivity index (χ1n) is 7.26. The third kappa shape index (κ3) is 3.08. The lowest BCUT2D eigenvalue weighted by molar-refractivity contribution is 0.246. The molecule has 4 nitrogen and oxygen atoms in total. The predicted molar refractivity (Wildman–Crippen MR) is 83.6 cm³/mol. The van der Waals surface area contributed by atoms with Crippen LogP contribution in [0.1, 0.15) is 42.4 Å². The van der Waals surface area contributed by atoms with Gasteiger partial charge < -0.3 is 5.32 Å². The van der Waals surface area contributed by atoms with Crippen LogP contribution in [0.4, 0.5) is 0 Å². The number of sulfonamides is 1. The summed E-state index contributed by atoms with van der Waals surface area (Å²) in [6.07, 6.45) is 3.99. The highest BCUT2D eigenvalue weighted by atomic mass is 32.2. The monoisotopic (exact) mass is 316 g/mol. The number of piperidine rings is 1. The third-order valence-corrected chi connectivity index (χ3v) is 7.16. The first-order chi connectivity index (χ1) is 9.50. The van der Waals surface area contributed by atoms with E-state index in [4.69, 9.17) is 0 Å². The van der Waals surface area contributed by atoms with Crippen molar-refractivity contribution >= 4 is 21.4 Å². The molecule has 1 atom stereocenters. The average Bonchev–Trinajstić information content (AvgIpc) is 2.81. The van der Waals surface area contributed by atoms with Crippen LogP contribution in [0.2, 0.25) is 0 Å². The van der Waals surface area contributed by atoms with Crippen molar-refractivity contribution in [2.75, 3.05) is 13.6 Å². The summed E-state index contributed by atoms with van der Waals surface area (Å²) in [7, 11) is -1.46. The Bertz CT molecular complexity index is 552. The Hall–Kier alpha value is -0.430. The molecule has 0 radical (unpaired) electrons. The number of nitrogens with one attached hydrogen (secondary N) is 1. The summed E-state index contributed by atoms with van der Waals surface area (Å²) < 4.78 is 27.5. The molecular formula is C14H24N2O2S2. The lowest BCUT2D eigenvalue weighted by atomic mass is 10.0. The molecule has 2 heterocycles. The average molecular weight is 316 g/mol.